The maximum Gasteiger partial charge on any atom is 0.422 e. The number of nitrogens with zero attached hydrogens (tertiary/aromatic N) is 3. The first-order valence-electron chi connectivity index (χ1n) is 14.3. The molecule has 2 heterocycles. The number of halogens is 4. The van der Waals surface area contributed by atoms with E-state index in [0.717, 1.165) is 0 Å². The van der Waals surface area contributed by atoms with Gasteiger partial charge in [0.05, 0.1) is 24.8 Å². The second kappa shape index (κ2) is 13.3. The average molecular weight is 645 g/mol. The molecular weight excluding hydrogens is 613 g/mol. The van der Waals surface area contributed by atoms with E-state index in [-0.39, 0.29) is 43.2 Å². The van der Waals surface area contributed by atoms with E-state index < -0.39 is 30.9 Å². The average Bonchev–Trinajstić information content (AvgIpc) is 3.40. The second-order valence-electron chi connectivity index (χ2n) is 10.8. The largest absolute Gasteiger partial charge is 0.497 e. The molecule has 3 aromatic carbocycles. The molecule has 45 heavy (non-hydrogen) atoms. The van der Waals surface area contributed by atoms with E-state index in [2.05, 4.69) is 5.32 Å². The molecule has 0 aliphatic carbocycles. The van der Waals surface area contributed by atoms with Crippen LogP contribution in [0.25, 0.3) is 0 Å². The third-order valence-electron chi connectivity index (χ3n) is 7.19. The van der Waals surface area contributed by atoms with Gasteiger partial charge in [-0.05, 0) is 61.4 Å². The Morgan fingerprint density at radius 3 is 2.49 bits per heavy atom. The Hall–Kier alpha value is -4.45. The molecule has 1 saturated heterocycles. The van der Waals surface area contributed by atoms with Crippen LogP contribution in [0.3, 0.4) is 0 Å². The van der Waals surface area contributed by atoms with Crippen LogP contribution in [0.1, 0.15) is 42.6 Å². The molecule has 0 aromatic heterocycles. The van der Waals surface area contributed by atoms with Gasteiger partial charge < -0.3 is 24.4 Å². The molecule has 3 amide bonds. The summed E-state index contributed by atoms with van der Waals surface area (Å²) in [4.78, 5) is 34.8. The van der Waals surface area contributed by atoms with Crippen molar-refractivity contribution in [1.29, 1.82) is 0 Å². The molecular formula is C32H32ClF3N4O5. The molecule has 0 saturated carbocycles. The van der Waals surface area contributed by atoms with Gasteiger partial charge in [-0.1, -0.05) is 35.9 Å². The first kappa shape index (κ1) is 32.0. The van der Waals surface area contributed by atoms with Crippen LogP contribution >= 0.6 is 11.6 Å². The fourth-order valence-corrected chi connectivity index (χ4v) is 5.39. The molecule has 2 aliphatic heterocycles. The molecule has 0 spiro atoms. The molecule has 2 atom stereocenters. The van der Waals surface area contributed by atoms with Gasteiger partial charge in [0.2, 0.25) is 5.91 Å². The molecule has 1 fully saturated rings. The number of urea groups is 1. The normalized spacial score (nSPS) is 18.5. The van der Waals surface area contributed by atoms with Gasteiger partial charge in [0.1, 0.15) is 35.7 Å². The van der Waals surface area contributed by atoms with Crippen molar-refractivity contribution in [2.75, 3.05) is 33.4 Å². The highest BCUT2D eigenvalue weighted by Crippen LogP contribution is 2.46. The lowest BCUT2D eigenvalue weighted by atomic mass is 9.93. The molecule has 0 radical (unpaired) electrons. The van der Waals surface area contributed by atoms with Gasteiger partial charge in [-0.15, -0.1) is 0 Å². The van der Waals surface area contributed by atoms with Crippen LogP contribution in [-0.2, 0) is 4.79 Å². The van der Waals surface area contributed by atoms with Crippen molar-refractivity contribution in [3.05, 3.63) is 88.4 Å². The van der Waals surface area contributed by atoms with Gasteiger partial charge in [-0.3, -0.25) is 14.7 Å². The second-order valence-corrected chi connectivity index (χ2v) is 11.3. The predicted octanol–water partition coefficient (Wildman–Crippen LogP) is 6.17. The minimum atomic E-state index is -4.52. The number of amides is 3. The van der Waals surface area contributed by atoms with E-state index in [0.29, 0.717) is 33.2 Å². The summed E-state index contributed by atoms with van der Waals surface area (Å²) in [6.45, 7) is 2.66. The Kier molecular flexibility index (Phi) is 9.42. The third kappa shape index (κ3) is 7.44. The van der Waals surface area contributed by atoms with Gasteiger partial charge in [0.15, 0.2) is 6.61 Å². The number of hydrogen-bond acceptors (Lipinski definition) is 6. The summed E-state index contributed by atoms with van der Waals surface area (Å²) in [6, 6.07) is 16.3. The summed E-state index contributed by atoms with van der Waals surface area (Å²) in [5, 5.41) is 3.21. The molecule has 9 nitrogen and oxygen atoms in total. The summed E-state index contributed by atoms with van der Waals surface area (Å²) >= 11 is 6.22. The lowest BCUT2D eigenvalue weighted by molar-refractivity contribution is -0.153. The van der Waals surface area contributed by atoms with Gasteiger partial charge in [0, 0.05) is 24.2 Å². The zero-order valence-electron chi connectivity index (χ0n) is 24.8. The van der Waals surface area contributed by atoms with E-state index in [9.17, 15) is 22.8 Å². The van der Waals surface area contributed by atoms with Crippen molar-refractivity contribution < 1.29 is 37.0 Å². The Bertz CT molecular complexity index is 1580. The summed E-state index contributed by atoms with van der Waals surface area (Å²) in [5.74, 6) is 0.904. The maximum absolute atomic E-state index is 14.4. The highest BCUT2D eigenvalue weighted by molar-refractivity contribution is 6.30. The van der Waals surface area contributed by atoms with Crippen LogP contribution in [0.5, 0.6) is 17.2 Å². The van der Waals surface area contributed by atoms with E-state index in [4.69, 9.17) is 30.8 Å². The molecule has 5 rings (SSSR count). The number of rotatable bonds is 8. The lowest BCUT2D eigenvalue weighted by Crippen LogP contribution is -2.55. The number of aliphatic imine (C=N–C) groups is 1. The topological polar surface area (TPSA) is 92.7 Å². The summed E-state index contributed by atoms with van der Waals surface area (Å²) in [5.41, 5.74) is 1.67. The van der Waals surface area contributed by atoms with Crippen molar-refractivity contribution >= 4 is 29.4 Å². The van der Waals surface area contributed by atoms with Crippen LogP contribution in [-0.4, -0.2) is 73.2 Å². The molecule has 2 unspecified atom stereocenters. The van der Waals surface area contributed by atoms with Crippen molar-refractivity contribution in [2.45, 2.75) is 38.2 Å². The fourth-order valence-electron chi connectivity index (χ4n) is 5.27. The monoisotopic (exact) mass is 644 g/mol. The molecule has 2 aliphatic rings. The fraction of sp³-hybridized carbons (Fsp3) is 0.344. The smallest absolute Gasteiger partial charge is 0.422 e. The van der Waals surface area contributed by atoms with Gasteiger partial charge in [0.25, 0.3) is 0 Å². The van der Waals surface area contributed by atoms with Crippen molar-refractivity contribution in [3.63, 3.8) is 0 Å². The number of benzene rings is 3. The number of carbonyl (C=O) groups is 2. The Morgan fingerprint density at radius 2 is 1.82 bits per heavy atom. The van der Waals surface area contributed by atoms with Crippen LogP contribution in [0.2, 0.25) is 5.02 Å². The van der Waals surface area contributed by atoms with E-state index >= 15 is 0 Å². The number of nitrogens with one attached hydrogen (secondary N) is 1. The molecule has 3 aromatic rings. The van der Waals surface area contributed by atoms with E-state index in [1.807, 2.05) is 13.8 Å². The standard InChI is InChI=1S/C32H32ClF3N4O5/c1-19(2)45-26-16-23(43-3)11-12-25(26)30-38-28(21-5-4-6-24(15-21)44-18-32(34,35)36)29(20-7-9-22(33)10-8-20)40(30)31(42)39-14-13-37-27(41)17-39/h4-12,15-16,19,28-29H,13-14,17-18H2,1-3H3,(H,37,41). The Morgan fingerprint density at radius 1 is 1.07 bits per heavy atom. The number of methoxy groups -OCH3 is 1. The number of hydrogen-bond donors (Lipinski definition) is 1. The molecule has 13 heteroatoms. The minimum Gasteiger partial charge on any atom is -0.497 e. The van der Waals surface area contributed by atoms with Crippen LogP contribution in [0, 0.1) is 0 Å². The van der Waals surface area contributed by atoms with Crippen LogP contribution in [0.4, 0.5) is 18.0 Å². The molecule has 238 valence electrons. The lowest BCUT2D eigenvalue weighted by Gasteiger charge is -2.36. The molecule has 1 N–H and O–H groups in total. The quantitative estimate of drug-likeness (QED) is 0.317. The van der Waals surface area contributed by atoms with Crippen molar-refractivity contribution in [1.82, 2.24) is 15.1 Å². The van der Waals surface area contributed by atoms with Crippen LogP contribution in [0.15, 0.2) is 71.7 Å². The Labute approximate surface area is 263 Å². The number of alkyl halides is 3. The first-order valence-corrected chi connectivity index (χ1v) is 14.6. The third-order valence-corrected chi connectivity index (χ3v) is 7.44. The summed E-state index contributed by atoms with van der Waals surface area (Å²) in [7, 11) is 1.53. The van der Waals surface area contributed by atoms with Crippen molar-refractivity contribution in [2.24, 2.45) is 4.99 Å². The minimum absolute atomic E-state index is 0.00202. The number of ether oxygens (including phenoxy) is 3. The molecule has 0 bridgehead atoms. The Balaban J connectivity index is 1.69. The van der Waals surface area contributed by atoms with Gasteiger partial charge in [-0.2, -0.15) is 13.2 Å². The number of carbonyl (C=O) groups excluding carboxylic acids is 2. The summed E-state index contributed by atoms with van der Waals surface area (Å²) < 4.78 is 55.5. The SMILES string of the molecule is COc1ccc(C2=NC(c3cccc(OCC(F)(F)F)c3)C(c3ccc(Cl)cc3)N2C(=O)N2CCNC(=O)C2)c(OC(C)C)c1. The zero-order chi connectivity index (χ0) is 32.3. The van der Waals surface area contributed by atoms with Crippen LogP contribution < -0.4 is 19.5 Å². The highest BCUT2D eigenvalue weighted by Gasteiger charge is 2.45. The highest BCUT2D eigenvalue weighted by atomic mass is 35.5. The zero-order valence-corrected chi connectivity index (χ0v) is 25.6. The maximum atomic E-state index is 14.4. The van der Waals surface area contributed by atoms with E-state index in [1.54, 1.807) is 54.6 Å². The van der Waals surface area contributed by atoms with Crippen molar-refractivity contribution in [3.8, 4) is 17.2 Å². The number of piperazine rings is 1. The predicted molar refractivity (Wildman–Crippen MR) is 162 cm³/mol. The summed E-state index contributed by atoms with van der Waals surface area (Å²) in [6.07, 6.45) is -4.76. The van der Waals surface area contributed by atoms with Gasteiger partial charge in [-0.25, -0.2) is 4.79 Å². The number of amidine groups is 1. The first-order chi connectivity index (χ1) is 21.4. The van der Waals surface area contributed by atoms with E-state index in [1.165, 1.54) is 29.0 Å². The van der Waals surface area contributed by atoms with Gasteiger partial charge >= 0.3 is 12.2 Å².